The highest BCUT2D eigenvalue weighted by molar-refractivity contribution is 6.43. The van der Waals surface area contributed by atoms with Crippen molar-refractivity contribution >= 4 is 35.2 Å². The summed E-state index contributed by atoms with van der Waals surface area (Å²) >= 11 is 12.1. The van der Waals surface area contributed by atoms with Gasteiger partial charge in [-0.2, -0.15) is 5.10 Å². The predicted octanol–water partition coefficient (Wildman–Crippen LogP) is 5.38. The van der Waals surface area contributed by atoms with E-state index in [1.807, 2.05) is 19.1 Å². The molecule has 1 aromatic heterocycles. The van der Waals surface area contributed by atoms with Gasteiger partial charge in [-0.25, -0.2) is 14.1 Å². The maximum absolute atomic E-state index is 13.1. The summed E-state index contributed by atoms with van der Waals surface area (Å²) in [6.45, 7) is 1.87. The number of aryl methyl sites for hydroxylation is 1. The summed E-state index contributed by atoms with van der Waals surface area (Å²) in [6.07, 6.45) is 1.63. The first kappa shape index (κ1) is 15.7. The molecule has 116 valence electrons. The molecule has 1 heterocycles. The van der Waals surface area contributed by atoms with Gasteiger partial charge in [0.15, 0.2) is 5.82 Å². The number of benzene rings is 2. The molecule has 0 radical (unpaired) electrons. The number of aromatic nitrogens is 2. The van der Waals surface area contributed by atoms with Gasteiger partial charge in [-0.05, 0) is 37.3 Å². The minimum Gasteiger partial charge on any atom is -0.236 e. The zero-order valence-corrected chi connectivity index (χ0v) is 13.7. The Balaban J connectivity index is 1.99. The lowest BCUT2D eigenvalue weighted by Crippen LogP contribution is -1.96. The van der Waals surface area contributed by atoms with Crippen LogP contribution in [0.1, 0.15) is 11.3 Å². The van der Waals surface area contributed by atoms with Gasteiger partial charge in [-0.1, -0.05) is 35.3 Å². The van der Waals surface area contributed by atoms with Gasteiger partial charge >= 0.3 is 0 Å². The van der Waals surface area contributed by atoms with Gasteiger partial charge in [-0.15, -0.1) is 0 Å². The van der Waals surface area contributed by atoms with E-state index in [9.17, 15) is 4.39 Å². The van der Waals surface area contributed by atoms with Gasteiger partial charge in [-0.3, -0.25) is 0 Å². The lowest BCUT2D eigenvalue weighted by atomic mass is 10.2. The molecular formula is C17H12Cl2FN3. The van der Waals surface area contributed by atoms with E-state index in [1.165, 1.54) is 12.1 Å². The Morgan fingerprint density at radius 1 is 1.13 bits per heavy atom. The number of hydrogen-bond acceptors (Lipinski definition) is 2. The van der Waals surface area contributed by atoms with Crippen LogP contribution < -0.4 is 0 Å². The first-order chi connectivity index (χ1) is 11.0. The van der Waals surface area contributed by atoms with E-state index in [2.05, 4.69) is 10.1 Å². The minimum atomic E-state index is -0.298. The van der Waals surface area contributed by atoms with Crippen molar-refractivity contribution in [2.45, 2.75) is 6.92 Å². The number of aliphatic imine (C=N–C) groups is 1. The number of rotatable bonds is 3. The highest BCUT2D eigenvalue weighted by Crippen LogP contribution is 2.25. The van der Waals surface area contributed by atoms with E-state index in [1.54, 1.807) is 35.2 Å². The molecule has 23 heavy (non-hydrogen) atoms. The minimum absolute atomic E-state index is 0.298. The fourth-order valence-corrected chi connectivity index (χ4v) is 2.46. The largest absolute Gasteiger partial charge is 0.236 e. The highest BCUT2D eigenvalue weighted by atomic mass is 35.5. The van der Waals surface area contributed by atoms with Crippen molar-refractivity contribution < 1.29 is 4.39 Å². The van der Waals surface area contributed by atoms with E-state index in [0.717, 1.165) is 11.4 Å². The lowest BCUT2D eigenvalue weighted by molar-refractivity contribution is 0.627. The van der Waals surface area contributed by atoms with Crippen LogP contribution in [0.25, 0.3) is 5.69 Å². The molecule has 0 unspecified atom stereocenters. The summed E-state index contributed by atoms with van der Waals surface area (Å²) in [5.41, 5.74) is 2.24. The summed E-state index contributed by atoms with van der Waals surface area (Å²) in [4.78, 5) is 4.44. The van der Waals surface area contributed by atoms with E-state index in [-0.39, 0.29) is 5.82 Å². The molecule has 0 aliphatic rings. The average molecular weight is 348 g/mol. The van der Waals surface area contributed by atoms with Gasteiger partial charge in [0.1, 0.15) is 5.82 Å². The van der Waals surface area contributed by atoms with Crippen molar-refractivity contribution in [2.75, 3.05) is 0 Å². The molecule has 0 amide bonds. The molecule has 2 aromatic carbocycles. The van der Waals surface area contributed by atoms with Crippen molar-refractivity contribution in [3.63, 3.8) is 0 Å². The first-order valence-corrected chi connectivity index (χ1v) is 7.61. The molecule has 0 saturated heterocycles. The Bertz CT molecular complexity index is 870. The number of hydrogen-bond donors (Lipinski definition) is 0. The van der Waals surface area contributed by atoms with Crippen LogP contribution in [0, 0.1) is 12.7 Å². The topological polar surface area (TPSA) is 30.2 Å². The van der Waals surface area contributed by atoms with Gasteiger partial charge in [0.05, 0.1) is 21.4 Å². The van der Waals surface area contributed by atoms with E-state index in [4.69, 9.17) is 23.2 Å². The second-order valence-corrected chi connectivity index (χ2v) is 5.72. The SMILES string of the molecule is Cc1cc(N=Cc2cccc(Cl)c2Cl)n(-c2ccc(F)cc2)n1. The van der Waals surface area contributed by atoms with E-state index < -0.39 is 0 Å². The predicted molar refractivity (Wildman–Crippen MR) is 92.0 cm³/mol. The molecule has 0 spiro atoms. The molecular weight excluding hydrogens is 336 g/mol. The molecule has 3 aromatic rings. The molecule has 6 heteroatoms. The summed E-state index contributed by atoms with van der Waals surface area (Å²) in [5, 5.41) is 5.30. The smallest absolute Gasteiger partial charge is 0.155 e. The normalized spacial score (nSPS) is 11.3. The van der Waals surface area contributed by atoms with Crippen LogP contribution in [0.15, 0.2) is 53.5 Å². The third-order valence-electron chi connectivity index (χ3n) is 3.20. The van der Waals surface area contributed by atoms with Gasteiger partial charge in [0, 0.05) is 17.8 Å². The Kier molecular flexibility index (Phi) is 4.46. The van der Waals surface area contributed by atoms with Crippen LogP contribution >= 0.6 is 23.2 Å². The zero-order chi connectivity index (χ0) is 16.4. The van der Waals surface area contributed by atoms with Crippen LogP contribution in [0.4, 0.5) is 10.2 Å². The average Bonchev–Trinajstić information content (AvgIpc) is 2.90. The summed E-state index contributed by atoms with van der Waals surface area (Å²) < 4.78 is 14.7. The molecule has 0 aliphatic heterocycles. The Hall–Kier alpha value is -2.17. The highest BCUT2D eigenvalue weighted by Gasteiger charge is 2.07. The van der Waals surface area contributed by atoms with Crippen molar-refractivity contribution in [3.05, 3.63) is 75.7 Å². The fourth-order valence-electron chi connectivity index (χ4n) is 2.11. The molecule has 3 nitrogen and oxygen atoms in total. The number of nitrogens with zero attached hydrogens (tertiary/aromatic N) is 3. The van der Waals surface area contributed by atoms with Crippen molar-refractivity contribution in [1.29, 1.82) is 0 Å². The summed E-state index contributed by atoms with van der Waals surface area (Å²) in [5.74, 6) is 0.318. The Labute approximate surface area is 143 Å². The molecule has 0 saturated carbocycles. The second kappa shape index (κ2) is 6.52. The maximum atomic E-state index is 13.1. The molecule has 0 bridgehead atoms. The van der Waals surface area contributed by atoms with E-state index >= 15 is 0 Å². The summed E-state index contributed by atoms with van der Waals surface area (Å²) in [7, 11) is 0. The summed E-state index contributed by atoms with van der Waals surface area (Å²) in [6, 6.07) is 13.2. The van der Waals surface area contributed by atoms with Crippen molar-refractivity contribution in [1.82, 2.24) is 9.78 Å². The number of halogens is 3. The molecule has 0 aliphatic carbocycles. The zero-order valence-electron chi connectivity index (χ0n) is 12.2. The Morgan fingerprint density at radius 2 is 1.87 bits per heavy atom. The maximum Gasteiger partial charge on any atom is 0.155 e. The van der Waals surface area contributed by atoms with Gasteiger partial charge in [0.2, 0.25) is 0 Å². The first-order valence-electron chi connectivity index (χ1n) is 6.85. The monoisotopic (exact) mass is 347 g/mol. The lowest BCUT2D eigenvalue weighted by Gasteiger charge is -2.04. The molecule has 0 atom stereocenters. The van der Waals surface area contributed by atoms with Gasteiger partial charge in [0.25, 0.3) is 0 Å². The van der Waals surface area contributed by atoms with Crippen LogP contribution in [-0.4, -0.2) is 16.0 Å². The van der Waals surface area contributed by atoms with Crippen LogP contribution in [0.2, 0.25) is 10.0 Å². The quantitative estimate of drug-likeness (QED) is 0.585. The van der Waals surface area contributed by atoms with Crippen molar-refractivity contribution in [3.8, 4) is 5.69 Å². The second-order valence-electron chi connectivity index (χ2n) is 4.93. The Morgan fingerprint density at radius 3 is 2.61 bits per heavy atom. The molecule has 0 fully saturated rings. The van der Waals surface area contributed by atoms with Gasteiger partial charge < -0.3 is 0 Å². The van der Waals surface area contributed by atoms with Crippen LogP contribution in [-0.2, 0) is 0 Å². The molecule has 0 N–H and O–H groups in total. The third-order valence-corrected chi connectivity index (χ3v) is 4.03. The third kappa shape index (κ3) is 3.44. The standard InChI is InChI=1S/C17H12Cl2FN3/c1-11-9-16(21-10-12-3-2-4-15(18)17(12)19)23(22-11)14-7-5-13(20)6-8-14/h2-10H,1H3. The van der Waals surface area contributed by atoms with Crippen LogP contribution in [0.5, 0.6) is 0 Å². The fraction of sp³-hybridized carbons (Fsp3) is 0.0588. The van der Waals surface area contributed by atoms with E-state index in [0.29, 0.717) is 21.4 Å². The van der Waals surface area contributed by atoms with Crippen LogP contribution in [0.3, 0.4) is 0 Å². The molecule has 3 rings (SSSR count). The van der Waals surface area contributed by atoms with Crippen molar-refractivity contribution in [2.24, 2.45) is 4.99 Å².